The predicted molar refractivity (Wildman–Crippen MR) is 251 cm³/mol. The molecule has 4 atom stereocenters. The highest BCUT2D eigenvalue weighted by Gasteiger charge is 2.28. The van der Waals surface area contributed by atoms with Gasteiger partial charge in [0.25, 0.3) is 0 Å². The number of phosphoric ester groups is 1. The highest BCUT2D eigenvalue weighted by Crippen LogP contribution is 2.43. The zero-order valence-electron chi connectivity index (χ0n) is 38.9. The summed E-state index contributed by atoms with van der Waals surface area (Å²) in [5, 5.41) is 24.3. The zero-order chi connectivity index (χ0) is 43.3. The number of unbranched alkanes of at least 4 members (excludes halogenated alkanes) is 32. The van der Waals surface area contributed by atoms with Gasteiger partial charge >= 0.3 is 7.82 Å². The van der Waals surface area contributed by atoms with Gasteiger partial charge in [-0.25, -0.2) is 4.57 Å². The van der Waals surface area contributed by atoms with Crippen LogP contribution in [0.15, 0.2) is 12.2 Å². The third-order valence-corrected chi connectivity index (χ3v) is 12.7. The Morgan fingerprint density at radius 3 is 1.31 bits per heavy atom. The smallest absolute Gasteiger partial charge is 0.393 e. The fourth-order valence-electron chi connectivity index (χ4n) is 7.82. The van der Waals surface area contributed by atoms with E-state index in [4.69, 9.17) is 14.8 Å². The molecule has 0 aromatic heterocycles. The largest absolute Gasteiger partial charge is 0.472 e. The number of amides is 1. The van der Waals surface area contributed by atoms with Crippen molar-refractivity contribution >= 4 is 13.7 Å². The third kappa shape index (κ3) is 43.6. The van der Waals surface area contributed by atoms with Gasteiger partial charge in [0.1, 0.15) is 0 Å². The lowest BCUT2D eigenvalue weighted by Gasteiger charge is -2.25. The van der Waals surface area contributed by atoms with E-state index in [9.17, 15) is 24.5 Å². The molecule has 0 aromatic rings. The fourth-order valence-corrected chi connectivity index (χ4v) is 8.58. The molecule has 0 aliphatic heterocycles. The van der Waals surface area contributed by atoms with E-state index in [0.29, 0.717) is 12.8 Å². The molecule has 6 N–H and O–H groups in total. The van der Waals surface area contributed by atoms with E-state index in [-0.39, 0.29) is 26.2 Å². The van der Waals surface area contributed by atoms with E-state index < -0.39 is 32.0 Å². The maximum atomic E-state index is 12.9. The molecule has 0 fully saturated rings. The number of hydrogen-bond acceptors (Lipinski definition) is 7. The van der Waals surface area contributed by atoms with Crippen molar-refractivity contribution in [3.05, 3.63) is 12.2 Å². The Morgan fingerprint density at radius 2 is 0.915 bits per heavy atom. The molecule has 0 heterocycles. The molecule has 0 saturated carbocycles. The van der Waals surface area contributed by atoms with E-state index in [0.717, 1.165) is 44.9 Å². The summed E-state index contributed by atoms with van der Waals surface area (Å²) in [6, 6.07) is -0.897. The molecule has 0 saturated heterocycles. The van der Waals surface area contributed by atoms with Gasteiger partial charge in [0.05, 0.1) is 37.9 Å². The molecular weight excluding hydrogens is 760 g/mol. The van der Waals surface area contributed by atoms with Gasteiger partial charge in [-0.05, 0) is 38.5 Å². The lowest BCUT2D eigenvalue weighted by Crippen LogP contribution is -2.47. The summed E-state index contributed by atoms with van der Waals surface area (Å²) in [7, 11) is -4.38. The molecule has 0 aliphatic rings. The molecule has 4 unspecified atom stereocenters. The third-order valence-electron chi connectivity index (χ3n) is 11.7. The second-order valence-electron chi connectivity index (χ2n) is 17.6. The average molecular weight is 859 g/mol. The first-order chi connectivity index (χ1) is 28.8. The number of nitrogens with one attached hydrogen (secondary N) is 1. The van der Waals surface area contributed by atoms with E-state index in [1.165, 1.54) is 180 Å². The molecule has 0 bridgehead atoms. The number of allylic oxidation sites excluding steroid dienone is 2. The molecule has 352 valence electrons. The van der Waals surface area contributed by atoms with Gasteiger partial charge in [-0.2, -0.15) is 0 Å². The van der Waals surface area contributed by atoms with Gasteiger partial charge < -0.3 is 26.2 Å². The van der Waals surface area contributed by atoms with Gasteiger partial charge in [0.15, 0.2) is 0 Å². The molecule has 59 heavy (non-hydrogen) atoms. The predicted octanol–water partition coefficient (Wildman–Crippen LogP) is 13.7. The number of aliphatic hydroxyl groups excluding tert-OH is 2. The highest BCUT2D eigenvalue weighted by atomic mass is 31.2. The van der Waals surface area contributed by atoms with Crippen LogP contribution in [0.2, 0.25) is 0 Å². The summed E-state index contributed by atoms with van der Waals surface area (Å²) in [5.74, 6) is -0.414. The van der Waals surface area contributed by atoms with Crippen LogP contribution in [0, 0.1) is 0 Å². The first-order valence-corrected chi connectivity index (χ1v) is 26.9. The van der Waals surface area contributed by atoms with Crippen LogP contribution in [0.1, 0.15) is 258 Å². The number of nitrogens with two attached hydrogens (primary N) is 1. The molecule has 0 radical (unpaired) electrons. The number of rotatable bonds is 48. The Bertz CT molecular complexity index is 955. The second kappa shape index (κ2) is 45.2. The standard InChI is InChI=1S/C49H99N2O7P/c1-3-5-7-9-11-13-15-17-19-21-23-25-27-29-31-33-35-37-39-41-48(53)47(45-58-59(55,56)57-43-42-50)51-49(54)44-46(52)40-38-36-34-32-30-28-26-24-22-20-18-16-14-12-10-8-6-4-2/h24,26,46-48,52-53H,3-23,25,27-45,50H2,1-2H3,(H,51,54)(H,55,56)/b26-24-. The number of carbonyl (C=O) groups is 1. The minimum Gasteiger partial charge on any atom is -0.393 e. The minimum absolute atomic E-state index is 0.0603. The lowest BCUT2D eigenvalue weighted by molar-refractivity contribution is -0.125. The van der Waals surface area contributed by atoms with Crippen LogP contribution in [0.25, 0.3) is 0 Å². The van der Waals surface area contributed by atoms with Crippen molar-refractivity contribution in [3.8, 4) is 0 Å². The maximum Gasteiger partial charge on any atom is 0.472 e. The van der Waals surface area contributed by atoms with Crippen LogP contribution < -0.4 is 11.1 Å². The maximum absolute atomic E-state index is 12.9. The van der Waals surface area contributed by atoms with Crippen molar-refractivity contribution in [1.82, 2.24) is 5.32 Å². The van der Waals surface area contributed by atoms with Crippen LogP contribution >= 0.6 is 7.82 Å². The molecule has 1 amide bonds. The van der Waals surface area contributed by atoms with Gasteiger partial charge in [0.2, 0.25) is 5.91 Å². The Kier molecular flexibility index (Phi) is 44.6. The Balaban J connectivity index is 4.16. The first-order valence-electron chi connectivity index (χ1n) is 25.4. The quantitative estimate of drug-likeness (QED) is 0.0230. The van der Waals surface area contributed by atoms with Gasteiger partial charge in [-0.3, -0.25) is 13.8 Å². The van der Waals surface area contributed by atoms with Crippen LogP contribution in [0.3, 0.4) is 0 Å². The Labute approximate surface area is 365 Å². The molecule has 0 rings (SSSR count). The van der Waals surface area contributed by atoms with Crippen molar-refractivity contribution < 1.29 is 33.5 Å². The van der Waals surface area contributed by atoms with Crippen LogP contribution in [0.5, 0.6) is 0 Å². The van der Waals surface area contributed by atoms with Crippen molar-refractivity contribution in [2.45, 2.75) is 276 Å². The molecule has 9 nitrogen and oxygen atoms in total. The summed E-state index contributed by atoms with van der Waals surface area (Å²) >= 11 is 0. The molecule has 10 heteroatoms. The van der Waals surface area contributed by atoms with E-state index in [1.54, 1.807) is 0 Å². The number of aliphatic hydroxyl groups is 2. The topological polar surface area (TPSA) is 151 Å². The van der Waals surface area contributed by atoms with Crippen LogP contribution in [0.4, 0.5) is 0 Å². The lowest BCUT2D eigenvalue weighted by atomic mass is 10.0. The fraction of sp³-hybridized carbons (Fsp3) is 0.939. The van der Waals surface area contributed by atoms with Crippen molar-refractivity contribution in [1.29, 1.82) is 0 Å². The monoisotopic (exact) mass is 859 g/mol. The van der Waals surface area contributed by atoms with Crippen molar-refractivity contribution in [3.63, 3.8) is 0 Å². The SMILES string of the molecule is CCCCCCCCCCC/C=C\CCCCCCCC(O)CC(=O)NC(COP(=O)(O)OCCN)C(O)CCCCCCCCCCCCCCCCCCCCC. The first kappa shape index (κ1) is 58.2. The zero-order valence-corrected chi connectivity index (χ0v) is 39.8. The summed E-state index contributed by atoms with van der Waals surface area (Å²) in [6.07, 6.45) is 48.3. The van der Waals surface area contributed by atoms with Crippen LogP contribution in [-0.2, 0) is 18.4 Å². The molecule has 0 aliphatic carbocycles. The Hall–Kier alpha value is -0.800. The molecule has 0 spiro atoms. The van der Waals surface area contributed by atoms with Crippen LogP contribution in [-0.4, -0.2) is 59.0 Å². The van der Waals surface area contributed by atoms with Crippen molar-refractivity contribution in [2.75, 3.05) is 19.8 Å². The number of phosphoric acid groups is 1. The van der Waals surface area contributed by atoms with E-state index in [2.05, 4.69) is 31.3 Å². The van der Waals surface area contributed by atoms with E-state index >= 15 is 0 Å². The normalized spacial score (nSPS) is 14.5. The van der Waals surface area contributed by atoms with Gasteiger partial charge in [-0.1, -0.05) is 225 Å². The number of carbonyl (C=O) groups excluding carboxylic acids is 1. The highest BCUT2D eigenvalue weighted by molar-refractivity contribution is 7.47. The second-order valence-corrected chi connectivity index (χ2v) is 19.0. The number of hydrogen-bond donors (Lipinski definition) is 5. The summed E-state index contributed by atoms with van der Waals surface area (Å²) in [6.45, 7) is 4.08. The van der Waals surface area contributed by atoms with Crippen molar-refractivity contribution in [2.24, 2.45) is 5.73 Å². The summed E-state index contributed by atoms with van der Waals surface area (Å²) in [5.41, 5.74) is 5.39. The summed E-state index contributed by atoms with van der Waals surface area (Å²) in [4.78, 5) is 22.9. The molecular formula is C49H99N2O7P. The minimum atomic E-state index is -4.38. The van der Waals surface area contributed by atoms with Gasteiger partial charge in [0, 0.05) is 6.54 Å². The van der Waals surface area contributed by atoms with Gasteiger partial charge in [-0.15, -0.1) is 0 Å². The average Bonchev–Trinajstić information content (AvgIpc) is 3.21. The molecule has 0 aromatic carbocycles. The summed E-state index contributed by atoms with van der Waals surface area (Å²) < 4.78 is 22.2. The Morgan fingerprint density at radius 1 is 0.559 bits per heavy atom. The van der Waals surface area contributed by atoms with E-state index in [1.807, 2.05) is 0 Å².